The summed E-state index contributed by atoms with van der Waals surface area (Å²) in [4.78, 5) is 7.46. The number of allylic oxidation sites excluding steroid dienone is 1. The van der Waals surface area contributed by atoms with E-state index in [1.54, 1.807) is 0 Å². The van der Waals surface area contributed by atoms with Crippen molar-refractivity contribution < 1.29 is 0 Å². The van der Waals surface area contributed by atoms with Crippen molar-refractivity contribution >= 4 is 38.7 Å². The Hall–Kier alpha value is -6.23. The second kappa shape index (κ2) is 13.7. The van der Waals surface area contributed by atoms with Gasteiger partial charge in [-0.2, -0.15) is 0 Å². The lowest BCUT2D eigenvalue weighted by Crippen LogP contribution is -2.41. The monoisotopic (exact) mass is 646 g/mol. The largest absolute Gasteiger partial charge is 0.398 e. The molecule has 0 bridgehead atoms. The van der Waals surface area contributed by atoms with E-state index < -0.39 is 0 Å². The molecule has 1 aliphatic heterocycles. The first-order valence-electron chi connectivity index (χ1n) is 17.1. The van der Waals surface area contributed by atoms with Gasteiger partial charge >= 0.3 is 0 Å². The highest BCUT2D eigenvalue weighted by atomic mass is 15.3. The molecule has 4 nitrogen and oxygen atoms in total. The predicted molar refractivity (Wildman–Crippen MR) is 209 cm³/mol. The number of fused-ring (bicyclic) bond motifs is 2. The van der Waals surface area contributed by atoms with Crippen molar-refractivity contribution in [3.8, 4) is 0 Å². The first kappa shape index (κ1) is 31.1. The molecular formula is C46H38N4. The van der Waals surface area contributed by atoms with Gasteiger partial charge in [-0.05, 0) is 79.2 Å². The summed E-state index contributed by atoms with van der Waals surface area (Å²) in [5.41, 5.74) is 23.0. The minimum Gasteiger partial charge on any atom is -0.398 e. The van der Waals surface area contributed by atoms with Crippen molar-refractivity contribution in [2.24, 2.45) is 16.5 Å². The third kappa shape index (κ3) is 6.33. The summed E-state index contributed by atoms with van der Waals surface area (Å²) < 4.78 is 0. The van der Waals surface area contributed by atoms with Crippen molar-refractivity contribution in [3.63, 3.8) is 0 Å². The Morgan fingerprint density at radius 2 is 1.20 bits per heavy atom. The summed E-state index contributed by atoms with van der Waals surface area (Å²) in [6.45, 7) is 0.528. The summed E-state index contributed by atoms with van der Waals surface area (Å²) in [7, 11) is 0. The van der Waals surface area contributed by atoms with Gasteiger partial charge in [0.25, 0.3) is 0 Å². The van der Waals surface area contributed by atoms with Gasteiger partial charge in [0.1, 0.15) is 6.17 Å². The minimum atomic E-state index is -0.342. The van der Waals surface area contributed by atoms with Crippen LogP contribution in [0, 0.1) is 0 Å². The molecule has 7 aromatic carbocycles. The molecule has 7 aromatic rings. The summed E-state index contributed by atoms with van der Waals surface area (Å²) in [5, 5.41) is 4.76. The maximum absolute atomic E-state index is 7.09. The average Bonchev–Trinajstić information content (AvgIpc) is 3.16. The molecule has 0 spiro atoms. The molecule has 242 valence electrons. The first-order valence-corrected chi connectivity index (χ1v) is 17.1. The molecule has 1 aliphatic rings. The minimum absolute atomic E-state index is 0.0878. The van der Waals surface area contributed by atoms with Crippen molar-refractivity contribution in [1.29, 1.82) is 0 Å². The van der Waals surface area contributed by atoms with Crippen molar-refractivity contribution in [3.05, 3.63) is 215 Å². The molecule has 0 saturated heterocycles. The zero-order valence-electron chi connectivity index (χ0n) is 27.7. The molecule has 0 aliphatic carbocycles. The second-order valence-electron chi connectivity index (χ2n) is 12.8. The fourth-order valence-electron chi connectivity index (χ4n) is 6.81. The van der Waals surface area contributed by atoms with E-state index in [1.165, 1.54) is 21.7 Å². The van der Waals surface area contributed by atoms with E-state index >= 15 is 0 Å². The van der Waals surface area contributed by atoms with Gasteiger partial charge in [-0.25, -0.2) is 0 Å². The molecule has 1 heterocycles. The molecule has 4 heteroatoms. The van der Waals surface area contributed by atoms with E-state index in [4.69, 9.17) is 16.5 Å². The number of nitrogens with zero attached hydrogens (tertiary/aromatic N) is 2. The normalized spacial score (nSPS) is 15.5. The number of aliphatic imine (C=N–C) groups is 1. The molecule has 1 unspecified atom stereocenters. The highest BCUT2D eigenvalue weighted by Crippen LogP contribution is 2.45. The summed E-state index contributed by atoms with van der Waals surface area (Å²) in [5.74, 6) is 0. The smallest absolute Gasteiger partial charge is 0.104 e. The maximum Gasteiger partial charge on any atom is 0.104 e. The van der Waals surface area contributed by atoms with Gasteiger partial charge in [0.15, 0.2) is 0 Å². The summed E-state index contributed by atoms with van der Waals surface area (Å²) in [6.07, 6.45) is 3.96. The van der Waals surface area contributed by atoms with Gasteiger partial charge < -0.3 is 16.4 Å². The Balaban J connectivity index is 1.12. The molecule has 0 fully saturated rings. The lowest BCUT2D eigenvalue weighted by atomic mass is 9.91. The Morgan fingerprint density at radius 1 is 0.620 bits per heavy atom. The number of hydrogen-bond donors (Lipinski definition) is 2. The lowest BCUT2D eigenvalue weighted by Gasteiger charge is -2.46. The molecule has 50 heavy (non-hydrogen) atoms. The Bertz CT molecular complexity index is 2370. The zero-order valence-corrected chi connectivity index (χ0v) is 27.7. The van der Waals surface area contributed by atoms with Crippen LogP contribution in [0.3, 0.4) is 0 Å². The van der Waals surface area contributed by atoms with Crippen LogP contribution in [0.25, 0.3) is 32.9 Å². The SMILES string of the molecule is N/C(=C\C(=NCc1ccc2ccccc2c1)c1ccc([C@@H](N)N2C(c3ccccc3)=CC2c2ccccc2)cc1)c1ccc2ccccc2c1. The number of hydrogen-bond acceptors (Lipinski definition) is 4. The maximum atomic E-state index is 7.09. The summed E-state index contributed by atoms with van der Waals surface area (Å²) in [6, 6.07) is 59.1. The van der Waals surface area contributed by atoms with Crippen LogP contribution in [0.15, 0.2) is 187 Å². The molecular weight excluding hydrogens is 609 g/mol. The highest BCUT2D eigenvalue weighted by molar-refractivity contribution is 6.12. The van der Waals surface area contributed by atoms with Crippen molar-refractivity contribution in [2.75, 3.05) is 0 Å². The standard InChI is InChI=1S/C46H38N4/c47-42(41-26-21-34-12-8-10-18-40(34)28-41)29-43(49-31-32-19-20-33-11-7-9-17-39(33)27-32)35-22-24-38(25-23-35)46(48)50-44(36-13-3-1-4-14-36)30-45(50)37-15-5-2-6-16-37/h1-30,44,46H,31,47-48H2/b42-29-,49-43?/t44?,46-/m0/s1. The highest BCUT2D eigenvalue weighted by Gasteiger charge is 2.35. The number of rotatable bonds is 9. The number of benzene rings is 7. The molecule has 4 N–H and O–H groups in total. The molecule has 8 rings (SSSR count). The average molecular weight is 647 g/mol. The Labute approximate surface area is 293 Å². The zero-order chi connectivity index (χ0) is 33.9. The van der Waals surface area contributed by atoms with Gasteiger partial charge in [0.2, 0.25) is 0 Å². The van der Waals surface area contributed by atoms with E-state index in [2.05, 4.69) is 169 Å². The van der Waals surface area contributed by atoms with Gasteiger partial charge in [0, 0.05) is 11.4 Å². The second-order valence-corrected chi connectivity index (χ2v) is 12.8. The third-order valence-electron chi connectivity index (χ3n) is 9.57. The molecule has 0 amide bonds. The van der Waals surface area contributed by atoms with E-state index in [0.717, 1.165) is 44.6 Å². The van der Waals surface area contributed by atoms with Crippen molar-refractivity contribution in [2.45, 2.75) is 18.8 Å². The molecule has 0 aromatic heterocycles. The summed E-state index contributed by atoms with van der Waals surface area (Å²) >= 11 is 0. The first-order chi connectivity index (χ1) is 24.6. The van der Waals surface area contributed by atoms with Crippen LogP contribution in [0.5, 0.6) is 0 Å². The van der Waals surface area contributed by atoms with Crippen LogP contribution >= 0.6 is 0 Å². The molecule has 0 radical (unpaired) electrons. The third-order valence-corrected chi connectivity index (χ3v) is 9.57. The van der Waals surface area contributed by atoms with Crippen LogP contribution in [-0.4, -0.2) is 10.6 Å². The molecule has 0 saturated carbocycles. The van der Waals surface area contributed by atoms with Gasteiger partial charge in [-0.1, -0.05) is 158 Å². The predicted octanol–water partition coefficient (Wildman–Crippen LogP) is 10.0. The quantitative estimate of drug-likeness (QED) is 0.153. The van der Waals surface area contributed by atoms with Crippen LogP contribution in [0.2, 0.25) is 0 Å². The van der Waals surface area contributed by atoms with E-state index in [9.17, 15) is 0 Å². The van der Waals surface area contributed by atoms with Crippen LogP contribution in [0.1, 0.15) is 45.6 Å². The topological polar surface area (TPSA) is 67.6 Å². The van der Waals surface area contributed by atoms with E-state index in [1.807, 2.05) is 18.2 Å². The fourth-order valence-corrected chi connectivity index (χ4v) is 6.81. The molecule has 2 atom stereocenters. The number of nitrogens with two attached hydrogens (primary N) is 2. The lowest BCUT2D eigenvalue weighted by molar-refractivity contribution is 0.229. The van der Waals surface area contributed by atoms with Crippen LogP contribution in [-0.2, 0) is 6.54 Å². The fraction of sp³-hybridized carbons (Fsp3) is 0.0652. The van der Waals surface area contributed by atoms with Gasteiger partial charge in [-0.3, -0.25) is 4.99 Å². The van der Waals surface area contributed by atoms with Gasteiger partial charge in [0.05, 0.1) is 18.3 Å². The van der Waals surface area contributed by atoms with E-state index in [0.29, 0.717) is 12.2 Å². The Morgan fingerprint density at radius 3 is 1.90 bits per heavy atom. The van der Waals surface area contributed by atoms with Crippen molar-refractivity contribution in [1.82, 2.24) is 4.90 Å². The van der Waals surface area contributed by atoms with E-state index in [-0.39, 0.29) is 12.2 Å². The van der Waals surface area contributed by atoms with Crippen LogP contribution < -0.4 is 11.5 Å². The Kier molecular flexibility index (Phi) is 8.52. The van der Waals surface area contributed by atoms with Gasteiger partial charge in [-0.15, -0.1) is 0 Å². The van der Waals surface area contributed by atoms with Crippen LogP contribution in [0.4, 0.5) is 0 Å².